The van der Waals surface area contributed by atoms with Crippen molar-refractivity contribution in [2.45, 2.75) is 16.2 Å². The summed E-state index contributed by atoms with van der Waals surface area (Å²) in [6.45, 7) is 1.37. The van der Waals surface area contributed by atoms with Gasteiger partial charge in [0.05, 0.1) is 9.82 Å². The Morgan fingerprint density at radius 2 is 2.20 bits per heavy atom. The molecule has 0 radical (unpaired) electrons. The molecule has 0 aliphatic rings. The monoisotopic (exact) mass is 310 g/mol. The second-order valence-corrected chi connectivity index (χ2v) is 5.99. The van der Waals surface area contributed by atoms with Crippen LogP contribution in [0.15, 0.2) is 27.4 Å². The van der Waals surface area contributed by atoms with Crippen molar-refractivity contribution in [2.24, 2.45) is 0 Å². The van der Waals surface area contributed by atoms with Crippen LogP contribution in [0.2, 0.25) is 0 Å². The molecule has 2 rings (SSSR count). The van der Waals surface area contributed by atoms with Gasteiger partial charge in [-0.2, -0.15) is 0 Å². The number of hydrogen-bond donors (Lipinski definition) is 1. The fourth-order valence-corrected chi connectivity index (χ4v) is 3.16. The van der Waals surface area contributed by atoms with Gasteiger partial charge in [0.25, 0.3) is 5.69 Å². The number of carbonyl (C=O) groups excluding carboxylic acids is 1. The standard InChI is InChI=1S/C11H10N4O3S2/c1-6(16)7-3-4-9(8(5-7)15(17)18)19-11-14-13-10(12-2)20-11/h3-5H,1-2H3,(H,12,13). The first-order chi connectivity index (χ1) is 9.51. The van der Waals surface area contributed by atoms with Gasteiger partial charge in [-0.1, -0.05) is 11.3 Å². The molecule has 2 aromatic rings. The second-order valence-electron chi connectivity index (χ2n) is 3.72. The van der Waals surface area contributed by atoms with E-state index in [0.29, 0.717) is 19.9 Å². The molecule has 9 heteroatoms. The van der Waals surface area contributed by atoms with E-state index in [-0.39, 0.29) is 11.5 Å². The Hall–Kier alpha value is -2.00. The number of anilines is 1. The molecule has 0 fully saturated rings. The summed E-state index contributed by atoms with van der Waals surface area (Å²) in [5.41, 5.74) is 0.207. The second kappa shape index (κ2) is 5.97. The highest BCUT2D eigenvalue weighted by Crippen LogP contribution is 2.37. The molecule has 1 aromatic heterocycles. The summed E-state index contributed by atoms with van der Waals surface area (Å²) >= 11 is 2.45. The van der Waals surface area contributed by atoms with E-state index < -0.39 is 4.92 Å². The fourth-order valence-electron chi connectivity index (χ4n) is 1.41. The van der Waals surface area contributed by atoms with Crippen LogP contribution in [0.25, 0.3) is 0 Å². The molecule has 104 valence electrons. The highest BCUT2D eigenvalue weighted by atomic mass is 32.2. The maximum absolute atomic E-state index is 11.3. The number of aromatic nitrogens is 2. The third kappa shape index (κ3) is 3.11. The molecule has 1 N–H and O–H groups in total. The lowest BCUT2D eigenvalue weighted by Crippen LogP contribution is -1.96. The van der Waals surface area contributed by atoms with E-state index in [0.717, 1.165) is 11.8 Å². The van der Waals surface area contributed by atoms with Crippen LogP contribution in [-0.4, -0.2) is 28.0 Å². The Kier molecular flexibility index (Phi) is 4.30. The van der Waals surface area contributed by atoms with Crippen molar-refractivity contribution < 1.29 is 9.72 Å². The summed E-state index contributed by atoms with van der Waals surface area (Å²) in [4.78, 5) is 22.3. The van der Waals surface area contributed by atoms with Crippen LogP contribution in [0.1, 0.15) is 17.3 Å². The van der Waals surface area contributed by atoms with Crippen LogP contribution < -0.4 is 5.32 Å². The van der Waals surface area contributed by atoms with E-state index in [1.807, 2.05) is 0 Å². The van der Waals surface area contributed by atoms with E-state index >= 15 is 0 Å². The van der Waals surface area contributed by atoms with Gasteiger partial charge >= 0.3 is 0 Å². The number of hydrogen-bond acceptors (Lipinski definition) is 8. The molecule has 7 nitrogen and oxygen atoms in total. The van der Waals surface area contributed by atoms with Gasteiger partial charge in [-0.05, 0) is 30.8 Å². The Morgan fingerprint density at radius 1 is 1.45 bits per heavy atom. The minimum absolute atomic E-state index is 0.107. The molecule has 0 unspecified atom stereocenters. The average Bonchev–Trinajstić information content (AvgIpc) is 2.86. The highest BCUT2D eigenvalue weighted by molar-refractivity contribution is 8.01. The summed E-state index contributed by atoms with van der Waals surface area (Å²) in [6.07, 6.45) is 0. The molecule has 0 saturated carbocycles. The van der Waals surface area contributed by atoms with Crippen molar-refractivity contribution in [3.63, 3.8) is 0 Å². The number of nitro groups is 1. The van der Waals surface area contributed by atoms with Crippen LogP contribution in [0.4, 0.5) is 10.8 Å². The van der Waals surface area contributed by atoms with Crippen molar-refractivity contribution in [2.75, 3.05) is 12.4 Å². The zero-order chi connectivity index (χ0) is 14.7. The van der Waals surface area contributed by atoms with Crippen LogP contribution >= 0.6 is 23.1 Å². The molecule has 1 heterocycles. The van der Waals surface area contributed by atoms with Crippen LogP contribution in [-0.2, 0) is 0 Å². The summed E-state index contributed by atoms with van der Waals surface area (Å²) in [5.74, 6) is -0.210. The number of carbonyl (C=O) groups is 1. The van der Waals surface area contributed by atoms with E-state index in [2.05, 4.69) is 15.5 Å². The fraction of sp³-hybridized carbons (Fsp3) is 0.182. The first-order valence-corrected chi connectivity index (χ1v) is 7.13. The van der Waals surface area contributed by atoms with Gasteiger partial charge in [0.2, 0.25) is 5.13 Å². The van der Waals surface area contributed by atoms with E-state index in [9.17, 15) is 14.9 Å². The topological polar surface area (TPSA) is 98.0 Å². The van der Waals surface area contributed by atoms with Gasteiger partial charge in [0.15, 0.2) is 10.1 Å². The van der Waals surface area contributed by atoms with Crippen LogP contribution in [0, 0.1) is 10.1 Å². The highest BCUT2D eigenvalue weighted by Gasteiger charge is 2.18. The predicted molar refractivity (Wildman–Crippen MR) is 76.7 cm³/mol. The molecule has 1 aromatic carbocycles. The lowest BCUT2D eigenvalue weighted by atomic mass is 10.1. The lowest BCUT2D eigenvalue weighted by Gasteiger charge is -2.02. The summed E-state index contributed by atoms with van der Waals surface area (Å²) in [6, 6.07) is 4.41. The summed E-state index contributed by atoms with van der Waals surface area (Å²) in [5, 5.41) is 22.3. The predicted octanol–water partition coefficient (Wildman–Crippen LogP) is 2.84. The van der Waals surface area contributed by atoms with Gasteiger partial charge < -0.3 is 5.32 Å². The van der Waals surface area contributed by atoms with Gasteiger partial charge in [-0.3, -0.25) is 14.9 Å². The van der Waals surface area contributed by atoms with E-state index in [1.165, 1.54) is 24.3 Å². The van der Waals surface area contributed by atoms with Crippen molar-refractivity contribution in [1.29, 1.82) is 0 Å². The molecule has 20 heavy (non-hydrogen) atoms. The Morgan fingerprint density at radius 3 is 2.75 bits per heavy atom. The van der Waals surface area contributed by atoms with E-state index in [4.69, 9.17) is 0 Å². The molecule has 0 saturated heterocycles. The van der Waals surface area contributed by atoms with Gasteiger partial charge in [-0.15, -0.1) is 10.2 Å². The zero-order valence-corrected chi connectivity index (χ0v) is 12.2. The molecule has 0 aliphatic carbocycles. The van der Waals surface area contributed by atoms with Gasteiger partial charge in [-0.25, -0.2) is 0 Å². The number of nitrogens with zero attached hydrogens (tertiary/aromatic N) is 3. The molecule has 0 spiro atoms. The Labute approximate surface area is 122 Å². The van der Waals surface area contributed by atoms with Crippen molar-refractivity contribution in [1.82, 2.24) is 10.2 Å². The molecular weight excluding hydrogens is 300 g/mol. The lowest BCUT2D eigenvalue weighted by molar-refractivity contribution is -0.387. The largest absolute Gasteiger partial charge is 0.363 e. The molecular formula is C11H10N4O3S2. The van der Waals surface area contributed by atoms with E-state index in [1.54, 1.807) is 19.2 Å². The van der Waals surface area contributed by atoms with Crippen molar-refractivity contribution in [3.8, 4) is 0 Å². The normalized spacial score (nSPS) is 10.3. The third-order valence-electron chi connectivity index (χ3n) is 2.38. The first kappa shape index (κ1) is 14.4. The van der Waals surface area contributed by atoms with Gasteiger partial charge in [0, 0.05) is 18.7 Å². The van der Waals surface area contributed by atoms with Gasteiger partial charge in [0.1, 0.15) is 0 Å². The SMILES string of the molecule is CNc1nnc(Sc2ccc(C(C)=O)cc2[N+](=O)[O-])s1. The number of nitrogens with one attached hydrogen (secondary N) is 1. The number of nitro benzene ring substituents is 1. The quantitative estimate of drug-likeness (QED) is 0.515. The first-order valence-electron chi connectivity index (χ1n) is 5.49. The van der Waals surface area contributed by atoms with Crippen LogP contribution in [0.5, 0.6) is 0 Å². The molecule has 0 atom stereocenters. The molecule has 0 bridgehead atoms. The average molecular weight is 310 g/mol. The summed E-state index contributed by atoms with van der Waals surface area (Å²) in [7, 11) is 1.72. The number of rotatable bonds is 5. The number of Topliss-reactive ketones (excluding diaryl/α,β-unsaturated/α-hetero) is 1. The van der Waals surface area contributed by atoms with Crippen molar-refractivity contribution >= 4 is 39.7 Å². The third-order valence-corrected chi connectivity index (χ3v) is 4.44. The maximum Gasteiger partial charge on any atom is 0.284 e. The Bertz CT molecular complexity index is 671. The van der Waals surface area contributed by atoms with Crippen LogP contribution in [0.3, 0.4) is 0 Å². The van der Waals surface area contributed by atoms with Crippen molar-refractivity contribution in [3.05, 3.63) is 33.9 Å². The summed E-state index contributed by atoms with van der Waals surface area (Å²) < 4.78 is 0.591. The zero-order valence-electron chi connectivity index (χ0n) is 10.6. The molecule has 0 aliphatic heterocycles. The number of benzene rings is 1. The molecule has 0 amide bonds. The number of ketones is 1. The minimum Gasteiger partial charge on any atom is -0.363 e. The minimum atomic E-state index is -0.505. The maximum atomic E-state index is 11.3. The smallest absolute Gasteiger partial charge is 0.284 e. The Balaban J connectivity index is 2.35.